The molecule has 4 heteroatoms. The summed E-state index contributed by atoms with van der Waals surface area (Å²) in [5, 5.41) is 3.21. The predicted octanol–water partition coefficient (Wildman–Crippen LogP) is -0.207. The minimum atomic E-state index is -2.01. The fraction of sp³-hybridized carbons (Fsp3) is 0.857. The second-order valence-electron chi connectivity index (χ2n) is 3.36. The second kappa shape index (κ2) is 3.13. The molecule has 0 amide bonds. The topological polar surface area (TPSA) is 41.1 Å². The van der Waals surface area contributed by atoms with Crippen molar-refractivity contribution in [3.05, 3.63) is 0 Å². The minimum absolute atomic E-state index is 0.436. The molecule has 1 aliphatic heterocycles. The van der Waals surface area contributed by atoms with Crippen molar-refractivity contribution in [3.63, 3.8) is 0 Å². The first-order chi connectivity index (χ1) is 5.01. The Morgan fingerprint density at radius 1 is 1.64 bits per heavy atom. The molecule has 2 unspecified atom stereocenters. The third-order valence-corrected chi connectivity index (χ3v) is 3.28. The Morgan fingerprint density at radius 2 is 2.27 bits per heavy atom. The Morgan fingerprint density at radius 3 is 2.64 bits per heavy atom. The Kier molecular flexibility index (Phi) is 2.57. The van der Waals surface area contributed by atoms with Crippen LogP contribution in [0.1, 0.15) is 13.8 Å². The van der Waals surface area contributed by atoms with Crippen LogP contribution in [0.3, 0.4) is 0 Å². The highest BCUT2D eigenvalue weighted by Gasteiger charge is 2.20. The molecule has 1 heterocycles. The van der Waals surface area contributed by atoms with Crippen LogP contribution in [0.15, 0.2) is 0 Å². The van der Waals surface area contributed by atoms with Crippen molar-refractivity contribution in [3.8, 4) is 0 Å². The van der Waals surface area contributed by atoms with E-state index in [1.54, 1.807) is 0 Å². The van der Waals surface area contributed by atoms with Crippen molar-refractivity contribution in [2.45, 2.75) is 19.9 Å². The SMILES string of the molecule is C=S1(=O)CNC(C(C)C)CN1. The van der Waals surface area contributed by atoms with E-state index in [0.717, 1.165) is 6.54 Å². The van der Waals surface area contributed by atoms with Gasteiger partial charge in [0.05, 0.1) is 5.88 Å². The predicted molar refractivity (Wildman–Crippen MR) is 49.9 cm³/mol. The maximum absolute atomic E-state index is 11.3. The van der Waals surface area contributed by atoms with Gasteiger partial charge in [-0.1, -0.05) is 13.8 Å². The lowest BCUT2D eigenvalue weighted by Gasteiger charge is -2.29. The lowest BCUT2D eigenvalue weighted by molar-refractivity contribution is 0.404. The zero-order chi connectivity index (χ0) is 8.48. The van der Waals surface area contributed by atoms with Gasteiger partial charge in [-0.15, -0.1) is 0 Å². The van der Waals surface area contributed by atoms with Gasteiger partial charge in [0, 0.05) is 22.3 Å². The van der Waals surface area contributed by atoms with Gasteiger partial charge in [-0.3, -0.25) is 4.21 Å². The molecule has 3 nitrogen and oxygen atoms in total. The normalized spacial score (nSPS) is 39.4. The van der Waals surface area contributed by atoms with Crippen LogP contribution in [0.4, 0.5) is 0 Å². The Hall–Kier alpha value is -0.0600. The number of hydrogen-bond acceptors (Lipinski definition) is 2. The van der Waals surface area contributed by atoms with Crippen molar-refractivity contribution in [1.82, 2.24) is 10.0 Å². The maximum Gasteiger partial charge on any atom is 0.0780 e. The molecule has 0 bridgehead atoms. The summed E-state index contributed by atoms with van der Waals surface area (Å²) in [6.45, 7) is 5.06. The summed E-state index contributed by atoms with van der Waals surface area (Å²) in [6, 6.07) is 0.436. The smallest absolute Gasteiger partial charge is 0.0780 e. The summed E-state index contributed by atoms with van der Waals surface area (Å²) in [5.41, 5.74) is 0. The van der Waals surface area contributed by atoms with Crippen LogP contribution in [0.25, 0.3) is 0 Å². The van der Waals surface area contributed by atoms with Crippen molar-refractivity contribution in [2.24, 2.45) is 5.92 Å². The van der Waals surface area contributed by atoms with Crippen LogP contribution >= 0.6 is 0 Å². The van der Waals surface area contributed by atoms with Gasteiger partial charge in [0.1, 0.15) is 0 Å². The highest BCUT2D eigenvalue weighted by atomic mass is 32.2. The second-order valence-corrected chi connectivity index (χ2v) is 5.56. The Labute approximate surface area is 68.7 Å². The summed E-state index contributed by atoms with van der Waals surface area (Å²) < 4.78 is 14.2. The fourth-order valence-electron chi connectivity index (χ4n) is 1.08. The largest absolute Gasteiger partial charge is 0.301 e. The standard InChI is InChI=1S/C7H16N2OS/c1-6(2)7-4-9-11(3,10)5-8-7/h6-8H,3-5H2,1-2H3,(H,9,10). The molecule has 0 spiro atoms. The van der Waals surface area contributed by atoms with Gasteiger partial charge in [-0.05, 0) is 11.8 Å². The quantitative estimate of drug-likeness (QED) is 0.543. The molecule has 1 rings (SSSR count). The van der Waals surface area contributed by atoms with Crippen LogP contribution in [-0.2, 0) is 9.71 Å². The van der Waals surface area contributed by atoms with Crippen molar-refractivity contribution < 1.29 is 4.21 Å². The van der Waals surface area contributed by atoms with E-state index in [-0.39, 0.29) is 0 Å². The summed E-state index contributed by atoms with van der Waals surface area (Å²) in [6.07, 6.45) is 0. The van der Waals surface area contributed by atoms with E-state index in [2.05, 4.69) is 29.8 Å². The average Bonchev–Trinajstić information content (AvgIpc) is 1.86. The fourth-order valence-corrected chi connectivity index (χ4v) is 2.15. The average molecular weight is 176 g/mol. The van der Waals surface area contributed by atoms with Crippen LogP contribution in [0.2, 0.25) is 0 Å². The molecule has 1 fully saturated rings. The van der Waals surface area contributed by atoms with Crippen LogP contribution in [0, 0.1) is 5.92 Å². The summed E-state index contributed by atoms with van der Waals surface area (Å²) in [5.74, 6) is 4.65. The summed E-state index contributed by atoms with van der Waals surface area (Å²) in [4.78, 5) is 0. The summed E-state index contributed by atoms with van der Waals surface area (Å²) in [7, 11) is -2.01. The van der Waals surface area contributed by atoms with E-state index in [0.29, 0.717) is 17.8 Å². The molecule has 0 radical (unpaired) electrons. The van der Waals surface area contributed by atoms with Gasteiger partial charge in [0.25, 0.3) is 0 Å². The number of hydrogen-bond donors (Lipinski definition) is 2. The Bertz CT molecular complexity index is 207. The van der Waals surface area contributed by atoms with E-state index in [1.807, 2.05) is 0 Å². The first-order valence-electron chi connectivity index (χ1n) is 3.84. The zero-order valence-electron chi connectivity index (χ0n) is 7.09. The lowest BCUT2D eigenvalue weighted by Crippen LogP contribution is -2.53. The van der Waals surface area contributed by atoms with E-state index >= 15 is 0 Å². The Balaban J connectivity index is 2.49. The monoisotopic (exact) mass is 176 g/mol. The van der Waals surface area contributed by atoms with Gasteiger partial charge < -0.3 is 5.32 Å². The van der Waals surface area contributed by atoms with E-state index in [9.17, 15) is 4.21 Å². The van der Waals surface area contributed by atoms with Crippen molar-refractivity contribution in [1.29, 1.82) is 0 Å². The summed E-state index contributed by atoms with van der Waals surface area (Å²) >= 11 is 0. The molecule has 0 aromatic carbocycles. The zero-order valence-corrected chi connectivity index (χ0v) is 7.91. The molecule has 2 atom stereocenters. The van der Waals surface area contributed by atoms with Crippen LogP contribution < -0.4 is 10.0 Å². The van der Waals surface area contributed by atoms with E-state index in [4.69, 9.17) is 0 Å². The lowest BCUT2D eigenvalue weighted by atomic mass is 10.1. The number of rotatable bonds is 1. The molecule has 66 valence electrons. The van der Waals surface area contributed by atoms with Gasteiger partial charge in [-0.25, -0.2) is 4.72 Å². The van der Waals surface area contributed by atoms with Crippen LogP contribution in [0.5, 0.6) is 0 Å². The third-order valence-electron chi connectivity index (χ3n) is 1.95. The molecule has 2 N–H and O–H groups in total. The highest BCUT2D eigenvalue weighted by Crippen LogP contribution is 2.04. The van der Waals surface area contributed by atoms with Gasteiger partial charge in [0.2, 0.25) is 0 Å². The van der Waals surface area contributed by atoms with Crippen LogP contribution in [-0.4, -0.2) is 28.5 Å². The molecule has 11 heavy (non-hydrogen) atoms. The van der Waals surface area contributed by atoms with Gasteiger partial charge in [0.15, 0.2) is 0 Å². The highest BCUT2D eigenvalue weighted by molar-refractivity contribution is 7.98. The number of nitrogens with one attached hydrogen (secondary N) is 2. The molecular formula is C7H16N2OS. The molecular weight excluding hydrogens is 160 g/mol. The molecule has 0 saturated carbocycles. The van der Waals surface area contributed by atoms with Gasteiger partial charge in [-0.2, -0.15) is 0 Å². The first kappa shape index (κ1) is 9.03. The van der Waals surface area contributed by atoms with E-state index in [1.165, 1.54) is 0 Å². The molecule has 0 aliphatic carbocycles. The van der Waals surface area contributed by atoms with Crippen molar-refractivity contribution >= 4 is 15.6 Å². The first-order valence-corrected chi connectivity index (χ1v) is 5.74. The molecule has 1 saturated heterocycles. The molecule has 1 aliphatic rings. The van der Waals surface area contributed by atoms with Crippen molar-refractivity contribution in [2.75, 3.05) is 12.4 Å². The third kappa shape index (κ3) is 2.47. The molecule has 0 aromatic rings. The minimum Gasteiger partial charge on any atom is -0.301 e. The van der Waals surface area contributed by atoms with Gasteiger partial charge >= 0.3 is 0 Å². The molecule has 0 aromatic heterocycles. The maximum atomic E-state index is 11.3. The van der Waals surface area contributed by atoms with E-state index < -0.39 is 9.71 Å².